The SMILES string of the molecule is CC[C@@H](c1ccc(C(F)(F)F)cc1)N(Cc1ccc(C(=O)OC)cc1)S(=O)(=O)c1ccc(Cl)cc1. The first-order valence-electron chi connectivity index (χ1n) is 10.6. The molecule has 186 valence electrons. The molecule has 0 aliphatic carbocycles. The van der Waals surface area contributed by atoms with E-state index in [4.69, 9.17) is 11.6 Å². The quantitative estimate of drug-likeness (QED) is 0.315. The number of carbonyl (C=O) groups is 1. The summed E-state index contributed by atoms with van der Waals surface area (Å²) in [7, 11) is -2.83. The summed E-state index contributed by atoms with van der Waals surface area (Å²) in [6.45, 7) is 1.68. The summed E-state index contributed by atoms with van der Waals surface area (Å²) in [6.07, 6.45) is -4.20. The normalized spacial score (nSPS) is 13.0. The molecule has 0 aliphatic heterocycles. The monoisotopic (exact) mass is 525 g/mol. The third-order valence-corrected chi connectivity index (χ3v) is 7.61. The molecule has 0 amide bonds. The van der Waals surface area contributed by atoms with Crippen LogP contribution in [0.2, 0.25) is 5.02 Å². The Kier molecular flexibility index (Phi) is 8.25. The van der Waals surface area contributed by atoms with Crippen molar-refractivity contribution in [2.75, 3.05) is 7.11 Å². The van der Waals surface area contributed by atoms with Crippen LogP contribution in [0.1, 0.15) is 46.4 Å². The van der Waals surface area contributed by atoms with Gasteiger partial charge in [0, 0.05) is 11.6 Å². The highest BCUT2D eigenvalue weighted by atomic mass is 35.5. The fraction of sp³-hybridized carbons (Fsp3) is 0.240. The number of methoxy groups -OCH3 is 1. The summed E-state index contributed by atoms with van der Waals surface area (Å²) >= 11 is 5.92. The van der Waals surface area contributed by atoms with Crippen LogP contribution in [0.3, 0.4) is 0 Å². The minimum Gasteiger partial charge on any atom is -0.465 e. The van der Waals surface area contributed by atoms with Gasteiger partial charge in [0.25, 0.3) is 0 Å². The van der Waals surface area contributed by atoms with Gasteiger partial charge in [-0.3, -0.25) is 0 Å². The van der Waals surface area contributed by atoms with Crippen LogP contribution in [-0.2, 0) is 27.5 Å². The Morgan fingerprint density at radius 1 is 0.971 bits per heavy atom. The molecule has 0 spiro atoms. The van der Waals surface area contributed by atoms with Gasteiger partial charge in [-0.2, -0.15) is 17.5 Å². The van der Waals surface area contributed by atoms with Crippen molar-refractivity contribution in [3.05, 3.63) is 100 Å². The molecule has 0 aliphatic rings. The molecule has 0 radical (unpaired) electrons. The van der Waals surface area contributed by atoms with Crippen molar-refractivity contribution >= 4 is 27.6 Å². The van der Waals surface area contributed by atoms with Gasteiger partial charge in [0.15, 0.2) is 0 Å². The molecule has 35 heavy (non-hydrogen) atoms. The van der Waals surface area contributed by atoms with Crippen LogP contribution >= 0.6 is 11.6 Å². The van der Waals surface area contributed by atoms with Crippen LogP contribution in [0.4, 0.5) is 13.2 Å². The first-order chi connectivity index (χ1) is 16.5. The molecule has 0 fully saturated rings. The lowest BCUT2D eigenvalue weighted by Gasteiger charge is -2.31. The molecule has 0 saturated carbocycles. The molecule has 0 saturated heterocycles. The number of benzene rings is 3. The zero-order valence-corrected chi connectivity index (χ0v) is 20.5. The fourth-order valence-electron chi connectivity index (χ4n) is 3.65. The average Bonchev–Trinajstić information content (AvgIpc) is 2.84. The molecule has 0 aromatic heterocycles. The first kappa shape index (κ1) is 26.7. The molecular formula is C25H23ClF3NO4S. The molecule has 1 atom stereocenters. The van der Waals surface area contributed by atoms with E-state index in [9.17, 15) is 26.4 Å². The van der Waals surface area contributed by atoms with Crippen molar-refractivity contribution in [2.24, 2.45) is 0 Å². The van der Waals surface area contributed by atoms with Gasteiger partial charge in [-0.1, -0.05) is 42.8 Å². The number of halogens is 4. The number of hydrogen-bond acceptors (Lipinski definition) is 4. The highest BCUT2D eigenvalue weighted by molar-refractivity contribution is 7.89. The van der Waals surface area contributed by atoms with E-state index >= 15 is 0 Å². The molecule has 3 aromatic rings. The van der Waals surface area contributed by atoms with Gasteiger partial charge in [-0.15, -0.1) is 0 Å². The topological polar surface area (TPSA) is 63.7 Å². The number of ether oxygens (including phenoxy) is 1. The van der Waals surface area contributed by atoms with Crippen LogP contribution < -0.4 is 0 Å². The predicted octanol–water partition coefficient (Wildman–Crippen LogP) is 6.49. The predicted molar refractivity (Wildman–Crippen MR) is 126 cm³/mol. The van der Waals surface area contributed by atoms with Crippen LogP contribution in [-0.4, -0.2) is 25.8 Å². The molecule has 0 unspecified atom stereocenters. The second-order valence-corrected chi connectivity index (χ2v) is 10.1. The maximum absolute atomic E-state index is 13.7. The van der Waals surface area contributed by atoms with Crippen molar-refractivity contribution in [2.45, 2.75) is 37.0 Å². The number of esters is 1. The highest BCUT2D eigenvalue weighted by Crippen LogP contribution is 2.35. The number of alkyl halides is 3. The zero-order valence-electron chi connectivity index (χ0n) is 18.9. The average molecular weight is 526 g/mol. The zero-order chi connectivity index (χ0) is 25.8. The minimum absolute atomic E-state index is 0.00144. The number of sulfonamides is 1. The van der Waals surface area contributed by atoms with Gasteiger partial charge in [-0.05, 0) is 66.1 Å². The molecule has 0 heterocycles. The first-order valence-corrected chi connectivity index (χ1v) is 12.4. The van der Waals surface area contributed by atoms with Gasteiger partial charge in [-0.25, -0.2) is 13.2 Å². The molecule has 3 rings (SSSR count). The molecule has 3 aromatic carbocycles. The van der Waals surface area contributed by atoms with E-state index in [0.717, 1.165) is 12.1 Å². The molecule has 5 nitrogen and oxygen atoms in total. The lowest BCUT2D eigenvalue weighted by atomic mass is 10.0. The summed E-state index contributed by atoms with van der Waals surface area (Å²) in [5.74, 6) is -0.529. The van der Waals surface area contributed by atoms with Crippen molar-refractivity contribution in [1.29, 1.82) is 0 Å². The van der Waals surface area contributed by atoms with E-state index in [2.05, 4.69) is 4.74 Å². The lowest BCUT2D eigenvalue weighted by Crippen LogP contribution is -2.34. The maximum Gasteiger partial charge on any atom is 0.416 e. The summed E-state index contributed by atoms with van der Waals surface area (Å²) in [5, 5.41) is 0.365. The van der Waals surface area contributed by atoms with Gasteiger partial charge in [0.2, 0.25) is 10.0 Å². The largest absolute Gasteiger partial charge is 0.465 e. The maximum atomic E-state index is 13.7. The van der Waals surface area contributed by atoms with Crippen LogP contribution in [0, 0.1) is 0 Å². The number of nitrogens with zero attached hydrogens (tertiary/aromatic N) is 1. The molecule has 10 heteroatoms. The van der Waals surface area contributed by atoms with Crippen molar-refractivity contribution in [3.8, 4) is 0 Å². The summed E-state index contributed by atoms with van der Waals surface area (Å²) in [4.78, 5) is 11.7. The standard InChI is InChI=1S/C25H23ClF3NO4S/c1-3-23(18-8-10-20(11-9-18)25(27,28)29)30(35(32,33)22-14-12-21(26)13-15-22)16-17-4-6-19(7-5-17)24(31)34-2/h4-15,23H,3,16H2,1-2H3/t23-/m0/s1. The van der Waals surface area contributed by atoms with Crippen molar-refractivity contribution in [1.82, 2.24) is 4.31 Å². The van der Waals surface area contributed by atoms with Crippen molar-refractivity contribution < 1.29 is 31.1 Å². The Labute approximate surface area is 207 Å². The van der Waals surface area contributed by atoms with E-state index < -0.39 is 33.8 Å². The third kappa shape index (κ3) is 6.22. The molecule has 0 N–H and O–H groups in total. The number of rotatable bonds is 8. The Morgan fingerprint density at radius 2 is 1.54 bits per heavy atom. The lowest BCUT2D eigenvalue weighted by molar-refractivity contribution is -0.137. The van der Waals surface area contributed by atoms with Crippen LogP contribution in [0.15, 0.2) is 77.7 Å². The van der Waals surface area contributed by atoms with Gasteiger partial charge in [0.1, 0.15) is 0 Å². The smallest absolute Gasteiger partial charge is 0.416 e. The fourth-order valence-corrected chi connectivity index (χ4v) is 5.45. The summed E-state index contributed by atoms with van der Waals surface area (Å²) in [5.41, 5.74) is 0.490. The second kappa shape index (κ2) is 10.8. The summed E-state index contributed by atoms with van der Waals surface area (Å²) < 4.78 is 72.5. The second-order valence-electron chi connectivity index (χ2n) is 7.74. The Balaban J connectivity index is 2.05. The van der Waals surface area contributed by atoms with E-state index in [0.29, 0.717) is 28.1 Å². The van der Waals surface area contributed by atoms with Crippen LogP contribution in [0.5, 0.6) is 0 Å². The molecule has 0 bridgehead atoms. The van der Waals surface area contributed by atoms with Crippen molar-refractivity contribution in [3.63, 3.8) is 0 Å². The Morgan fingerprint density at radius 3 is 2.03 bits per heavy atom. The van der Waals surface area contributed by atoms with Gasteiger partial charge in [0.05, 0.1) is 29.2 Å². The number of carbonyl (C=O) groups excluding carboxylic acids is 1. The summed E-state index contributed by atoms with van der Waals surface area (Å²) in [6, 6.07) is 15.6. The van der Waals surface area contributed by atoms with E-state index in [1.807, 2.05) is 0 Å². The Bertz CT molecular complexity index is 1260. The van der Waals surface area contributed by atoms with Gasteiger partial charge < -0.3 is 4.74 Å². The van der Waals surface area contributed by atoms with E-state index in [1.54, 1.807) is 19.1 Å². The Hall–Kier alpha value is -2.88. The third-order valence-electron chi connectivity index (χ3n) is 5.49. The minimum atomic E-state index is -4.50. The number of hydrogen-bond donors (Lipinski definition) is 0. The van der Waals surface area contributed by atoms with Crippen LogP contribution in [0.25, 0.3) is 0 Å². The molecular weight excluding hydrogens is 503 g/mol. The van der Waals surface area contributed by atoms with Gasteiger partial charge >= 0.3 is 12.1 Å². The highest BCUT2D eigenvalue weighted by Gasteiger charge is 2.34. The van der Waals surface area contributed by atoms with E-state index in [1.165, 1.54) is 59.9 Å². The van der Waals surface area contributed by atoms with E-state index in [-0.39, 0.29) is 11.4 Å².